The molecule has 0 aromatic carbocycles. The molecular weight excluding hydrogens is 266 g/mol. The van der Waals surface area contributed by atoms with Crippen LogP contribution >= 0.6 is 11.5 Å². The number of hydrogen-bond acceptors (Lipinski definition) is 5. The minimum atomic E-state index is -0.991. The van der Waals surface area contributed by atoms with Crippen molar-refractivity contribution in [1.29, 1.82) is 0 Å². The molecule has 7 heteroatoms. The topological polar surface area (TPSA) is 83.4 Å². The number of amides is 1. The van der Waals surface area contributed by atoms with Crippen LogP contribution in [0.25, 0.3) is 0 Å². The summed E-state index contributed by atoms with van der Waals surface area (Å²) in [5.41, 5.74) is 0.356. The lowest BCUT2D eigenvalue weighted by Gasteiger charge is -2.22. The molecule has 1 aromatic rings. The SMILES string of the molecule is CC(C)(C)c1nnsc1C(=O)N(CC(=O)O)C1CC1. The van der Waals surface area contributed by atoms with Gasteiger partial charge in [-0.05, 0) is 24.4 Å². The van der Waals surface area contributed by atoms with Crippen molar-refractivity contribution in [2.24, 2.45) is 0 Å². The summed E-state index contributed by atoms with van der Waals surface area (Å²) >= 11 is 1.04. The largest absolute Gasteiger partial charge is 0.480 e. The van der Waals surface area contributed by atoms with Gasteiger partial charge in [-0.25, -0.2) is 0 Å². The van der Waals surface area contributed by atoms with E-state index in [1.54, 1.807) is 0 Å². The van der Waals surface area contributed by atoms with Crippen molar-refractivity contribution in [2.75, 3.05) is 6.54 Å². The van der Waals surface area contributed by atoms with Gasteiger partial charge in [0.05, 0.1) is 5.69 Å². The molecule has 0 aliphatic heterocycles. The second-order valence-corrected chi connectivity index (χ2v) is 6.51. The minimum absolute atomic E-state index is 0.0542. The Morgan fingerprint density at radius 2 is 2.05 bits per heavy atom. The number of aromatic nitrogens is 2. The average Bonchev–Trinajstić information content (AvgIpc) is 2.99. The summed E-state index contributed by atoms with van der Waals surface area (Å²) in [6, 6.07) is 0.0542. The van der Waals surface area contributed by atoms with Crippen LogP contribution in [0.2, 0.25) is 0 Å². The Morgan fingerprint density at radius 1 is 1.42 bits per heavy atom. The van der Waals surface area contributed by atoms with E-state index in [-0.39, 0.29) is 23.9 Å². The molecule has 0 radical (unpaired) electrons. The fraction of sp³-hybridized carbons (Fsp3) is 0.667. The predicted octanol–water partition coefficient (Wildman–Crippen LogP) is 1.52. The zero-order valence-electron chi connectivity index (χ0n) is 11.2. The molecule has 0 saturated heterocycles. The highest BCUT2D eigenvalue weighted by molar-refractivity contribution is 7.08. The highest BCUT2D eigenvalue weighted by Crippen LogP contribution is 2.31. The van der Waals surface area contributed by atoms with Crippen LogP contribution in [0.3, 0.4) is 0 Å². The second kappa shape index (κ2) is 4.88. The molecule has 6 nitrogen and oxygen atoms in total. The summed E-state index contributed by atoms with van der Waals surface area (Å²) in [4.78, 5) is 25.2. The zero-order valence-corrected chi connectivity index (χ0v) is 12.0. The van der Waals surface area contributed by atoms with E-state index in [9.17, 15) is 9.59 Å². The molecule has 0 bridgehead atoms. The fourth-order valence-electron chi connectivity index (χ4n) is 1.85. The van der Waals surface area contributed by atoms with E-state index in [2.05, 4.69) is 9.59 Å². The third-order valence-corrected chi connectivity index (χ3v) is 3.66. The molecule has 19 heavy (non-hydrogen) atoms. The maximum Gasteiger partial charge on any atom is 0.323 e. The monoisotopic (exact) mass is 283 g/mol. The van der Waals surface area contributed by atoms with Gasteiger partial charge in [0.25, 0.3) is 5.91 Å². The lowest BCUT2D eigenvalue weighted by Crippen LogP contribution is -2.38. The summed E-state index contributed by atoms with van der Waals surface area (Å²) in [5.74, 6) is -1.25. The Kier molecular flexibility index (Phi) is 3.58. The Bertz CT molecular complexity index is 503. The van der Waals surface area contributed by atoms with E-state index in [0.29, 0.717) is 10.6 Å². The first-order valence-corrected chi connectivity index (χ1v) is 6.93. The second-order valence-electron chi connectivity index (χ2n) is 5.76. The Morgan fingerprint density at radius 3 is 2.53 bits per heavy atom. The van der Waals surface area contributed by atoms with Gasteiger partial charge in [-0.1, -0.05) is 25.3 Å². The Hall–Kier alpha value is -1.50. The van der Waals surface area contributed by atoms with Crippen molar-refractivity contribution in [3.8, 4) is 0 Å². The molecule has 1 N–H and O–H groups in total. The molecule has 1 fully saturated rings. The van der Waals surface area contributed by atoms with Crippen molar-refractivity contribution in [1.82, 2.24) is 14.5 Å². The average molecular weight is 283 g/mol. The van der Waals surface area contributed by atoms with Crippen LogP contribution in [-0.2, 0) is 10.2 Å². The zero-order chi connectivity index (χ0) is 14.2. The molecular formula is C12H17N3O3S. The van der Waals surface area contributed by atoms with Crippen molar-refractivity contribution in [2.45, 2.75) is 45.1 Å². The first-order chi connectivity index (χ1) is 8.80. The summed E-state index contributed by atoms with van der Waals surface area (Å²) in [6.45, 7) is 5.61. The summed E-state index contributed by atoms with van der Waals surface area (Å²) < 4.78 is 3.85. The fourth-order valence-corrected chi connectivity index (χ4v) is 2.68. The molecule has 1 aromatic heterocycles. The van der Waals surface area contributed by atoms with Gasteiger partial charge in [0.2, 0.25) is 0 Å². The van der Waals surface area contributed by atoms with Gasteiger partial charge < -0.3 is 10.0 Å². The van der Waals surface area contributed by atoms with Crippen LogP contribution in [0.4, 0.5) is 0 Å². The number of carbonyl (C=O) groups excluding carboxylic acids is 1. The maximum absolute atomic E-state index is 12.5. The maximum atomic E-state index is 12.5. The Balaban J connectivity index is 2.27. The van der Waals surface area contributed by atoms with Gasteiger partial charge in [0, 0.05) is 11.5 Å². The van der Waals surface area contributed by atoms with E-state index in [4.69, 9.17) is 5.11 Å². The number of rotatable bonds is 4. The Labute approximate surface area is 115 Å². The van der Waals surface area contributed by atoms with Gasteiger partial charge in [-0.2, -0.15) is 0 Å². The lowest BCUT2D eigenvalue weighted by molar-refractivity contribution is -0.137. The first kappa shape index (κ1) is 13.9. The van der Waals surface area contributed by atoms with Crippen LogP contribution in [0, 0.1) is 0 Å². The van der Waals surface area contributed by atoms with Crippen LogP contribution in [0.15, 0.2) is 0 Å². The van der Waals surface area contributed by atoms with E-state index >= 15 is 0 Å². The van der Waals surface area contributed by atoms with Gasteiger partial charge in [0.15, 0.2) is 0 Å². The highest BCUT2D eigenvalue weighted by Gasteiger charge is 2.37. The van der Waals surface area contributed by atoms with Crippen molar-refractivity contribution in [3.05, 3.63) is 10.6 Å². The first-order valence-electron chi connectivity index (χ1n) is 6.16. The number of carbonyl (C=O) groups is 2. The molecule has 2 rings (SSSR count). The minimum Gasteiger partial charge on any atom is -0.480 e. The van der Waals surface area contributed by atoms with Crippen LogP contribution in [0.1, 0.15) is 49.0 Å². The standard InChI is InChI=1S/C12H17N3O3S/c1-12(2,3)10-9(19-14-13-10)11(18)15(6-8(16)17)7-4-5-7/h7H,4-6H2,1-3H3,(H,16,17). The molecule has 1 amide bonds. The molecule has 0 unspecified atom stereocenters. The molecule has 1 heterocycles. The van der Waals surface area contributed by atoms with Gasteiger partial charge in [-0.3, -0.25) is 9.59 Å². The van der Waals surface area contributed by atoms with Crippen LogP contribution in [0.5, 0.6) is 0 Å². The van der Waals surface area contributed by atoms with Crippen molar-refractivity contribution >= 4 is 23.4 Å². The van der Waals surface area contributed by atoms with E-state index in [1.165, 1.54) is 4.90 Å². The lowest BCUT2D eigenvalue weighted by atomic mass is 9.91. The van der Waals surface area contributed by atoms with Crippen LogP contribution < -0.4 is 0 Å². The third kappa shape index (κ3) is 3.09. The normalized spacial score (nSPS) is 15.3. The molecule has 104 valence electrons. The summed E-state index contributed by atoms with van der Waals surface area (Å²) in [6.07, 6.45) is 1.74. The summed E-state index contributed by atoms with van der Waals surface area (Å²) in [7, 11) is 0. The molecule has 1 saturated carbocycles. The van der Waals surface area contributed by atoms with Crippen molar-refractivity contribution < 1.29 is 14.7 Å². The molecule has 0 spiro atoms. The molecule has 1 aliphatic carbocycles. The number of carboxylic acid groups (broad SMARTS) is 1. The van der Waals surface area contributed by atoms with E-state index < -0.39 is 5.97 Å². The van der Waals surface area contributed by atoms with E-state index in [0.717, 1.165) is 24.4 Å². The number of aliphatic carboxylic acids is 1. The van der Waals surface area contributed by atoms with Gasteiger partial charge in [-0.15, -0.1) is 5.10 Å². The van der Waals surface area contributed by atoms with Crippen molar-refractivity contribution in [3.63, 3.8) is 0 Å². The molecule has 1 aliphatic rings. The van der Waals surface area contributed by atoms with E-state index in [1.807, 2.05) is 20.8 Å². The van der Waals surface area contributed by atoms with Gasteiger partial charge >= 0.3 is 5.97 Å². The quantitative estimate of drug-likeness (QED) is 0.906. The third-order valence-electron chi connectivity index (χ3n) is 2.95. The number of carboxylic acids is 1. The predicted molar refractivity (Wildman–Crippen MR) is 70.3 cm³/mol. The highest BCUT2D eigenvalue weighted by atomic mass is 32.1. The van der Waals surface area contributed by atoms with Crippen LogP contribution in [-0.4, -0.2) is 44.1 Å². The summed E-state index contributed by atoms with van der Waals surface area (Å²) in [5, 5.41) is 12.9. The number of nitrogens with zero attached hydrogens (tertiary/aromatic N) is 3. The molecule has 0 atom stereocenters. The smallest absolute Gasteiger partial charge is 0.323 e. The van der Waals surface area contributed by atoms with Gasteiger partial charge in [0.1, 0.15) is 11.4 Å². The number of hydrogen-bond donors (Lipinski definition) is 1.